The summed E-state index contributed by atoms with van der Waals surface area (Å²) >= 11 is 0. The Labute approximate surface area is 321 Å². The molecule has 0 saturated heterocycles. The summed E-state index contributed by atoms with van der Waals surface area (Å²) in [6.07, 6.45) is 9.24. The zero-order valence-corrected chi connectivity index (χ0v) is 31.5. The molecule has 0 N–H and O–H groups in total. The van der Waals surface area contributed by atoms with Crippen LogP contribution < -0.4 is 9.80 Å². The minimum Gasteiger partial charge on any atom is -0.310 e. The highest BCUT2D eigenvalue weighted by Gasteiger charge is 2.41. The van der Waals surface area contributed by atoms with Gasteiger partial charge in [-0.15, -0.1) is 0 Å². The summed E-state index contributed by atoms with van der Waals surface area (Å²) in [7, 11) is 0. The monoisotopic (exact) mass is 698 g/mol. The number of aryl methyl sites for hydroxylation is 4. The van der Waals surface area contributed by atoms with Crippen LogP contribution in [0.1, 0.15) is 44.9 Å². The summed E-state index contributed by atoms with van der Waals surface area (Å²) in [6.45, 7) is 8.57. The lowest BCUT2D eigenvalue weighted by Crippen LogP contribution is -2.34. The number of anilines is 6. The van der Waals surface area contributed by atoms with Gasteiger partial charge in [0.2, 0.25) is 0 Å². The predicted molar refractivity (Wildman–Crippen MR) is 229 cm³/mol. The van der Waals surface area contributed by atoms with Crippen LogP contribution in [0.4, 0.5) is 34.1 Å². The zero-order chi connectivity index (χ0) is 37.1. The third kappa shape index (κ3) is 6.79. The molecule has 0 spiro atoms. The highest BCUT2D eigenvalue weighted by molar-refractivity contribution is 5.79. The van der Waals surface area contributed by atoms with Crippen molar-refractivity contribution in [2.24, 2.45) is 0 Å². The van der Waals surface area contributed by atoms with E-state index in [-0.39, 0.29) is 5.92 Å². The van der Waals surface area contributed by atoms with Crippen molar-refractivity contribution in [2.45, 2.75) is 39.0 Å². The first-order valence-corrected chi connectivity index (χ1v) is 18.9. The summed E-state index contributed by atoms with van der Waals surface area (Å²) in [4.78, 5) is 4.76. The normalized spacial score (nSPS) is 14.5. The third-order valence-corrected chi connectivity index (χ3v) is 10.8. The Bertz CT molecular complexity index is 2170. The van der Waals surface area contributed by atoms with Crippen LogP contribution in [0.5, 0.6) is 0 Å². The van der Waals surface area contributed by atoms with E-state index in [1.54, 1.807) is 0 Å². The van der Waals surface area contributed by atoms with Crippen LogP contribution in [0.3, 0.4) is 0 Å². The zero-order valence-electron chi connectivity index (χ0n) is 31.5. The molecule has 0 radical (unpaired) electrons. The second-order valence-electron chi connectivity index (χ2n) is 14.6. The fraction of sp³-hybridized carbons (Fsp3) is 0.115. The molecule has 0 aromatic heterocycles. The number of allylic oxidation sites excluding steroid dienone is 4. The molecule has 0 fully saturated rings. The second kappa shape index (κ2) is 14.9. The van der Waals surface area contributed by atoms with Gasteiger partial charge in [0, 0.05) is 45.5 Å². The van der Waals surface area contributed by atoms with Gasteiger partial charge in [-0.2, -0.15) is 0 Å². The molecule has 264 valence electrons. The van der Waals surface area contributed by atoms with E-state index in [4.69, 9.17) is 0 Å². The molecule has 0 bridgehead atoms. The minimum atomic E-state index is -0.513. The van der Waals surface area contributed by atoms with E-state index in [9.17, 15) is 0 Å². The molecular weight excluding hydrogens is 653 g/mol. The molecule has 0 saturated carbocycles. The quantitative estimate of drug-likeness (QED) is 0.148. The summed E-state index contributed by atoms with van der Waals surface area (Å²) in [5, 5.41) is 0. The van der Waals surface area contributed by atoms with E-state index in [0.29, 0.717) is 0 Å². The summed E-state index contributed by atoms with van der Waals surface area (Å²) in [6, 6.07) is 64.7. The molecule has 0 amide bonds. The number of rotatable bonds is 9. The highest BCUT2D eigenvalue weighted by Crippen LogP contribution is 2.51. The van der Waals surface area contributed by atoms with E-state index in [0.717, 1.165) is 34.1 Å². The van der Waals surface area contributed by atoms with Crippen LogP contribution in [-0.4, -0.2) is 0 Å². The Morgan fingerprint density at radius 1 is 0.370 bits per heavy atom. The summed E-state index contributed by atoms with van der Waals surface area (Å²) < 4.78 is 0. The van der Waals surface area contributed by atoms with Gasteiger partial charge in [-0.1, -0.05) is 150 Å². The molecule has 7 aromatic rings. The van der Waals surface area contributed by atoms with Gasteiger partial charge in [-0.05, 0) is 117 Å². The van der Waals surface area contributed by atoms with Crippen molar-refractivity contribution in [3.63, 3.8) is 0 Å². The van der Waals surface area contributed by atoms with Crippen molar-refractivity contribution < 1.29 is 0 Å². The van der Waals surface area contributed by atoms with Crippen LogP contribution in [0, 0.1) is 27.7 Å². The largest absolute Gasteiger partial charge is 0.310 e. The molecule has 0 aliphatic heterocycles. The maximum Gasteiger partial charge on any atom is 0.0489 e. The van der Waals surface area contributed by atoms with Crippen molar-refractivity contribution in [3.8, 4) is 0 Å². The standard InChI is InChI=1S/C52H46N2/c1-38-19-27-45(28-20-38)53(46-29-21-39(2)22-30-46)49-16-10-14-43(36-49)52(35-9-8-18-51(52)42-12-6-5-7-13-42)44-15-11-17-50(37-44)54(47-31-23-40(3)24-32-47)48-33-25-41(4)26-34-48/h5-37,51H,1-4H3. The number of nitrogens with zero attached hydrogens (tertiary/aromatic N) is 2. The van der Waals surface area contributed by atoms with Gasteiger partial charge in [0.15, 0.2) is 0 Å². The summed E-state index contributed by atoms with van der Waals surface area (Å²) in [5.74, 6) is 0.0496. The predicted octanol–water partition coefficient (Wildman–Crippen LogP) is 14.1. The highest BCUT2D eigenvalue weighted by atomic mass is 15.1. The van der Waals surface area contributed by atoms with Crippen LogP contribution in [0.2, 0.25) is 0 Å². The molecule has 1 atom stereocenters. The van der Waals surface area contributed by atoms with Crippen molar-refractivity contribution in [1.29, 1.82) is 0 Å². The first kappa shape index (κ1) is 34.7. The lowest BCUT2D eigenvalue weighted by Gasteiger charge is -2.41. The fourth-order valence-corrected chi connectivity index (χ4v) is 7.87. The van der Waals surface area contributed by atoms with Gasteiger partial charge >= 0.3 is 0 Å². The van der Waals surface area contributed by atoms with Crippen molar-refractivity contribution in [1.82, 2.24) is 0 Å². The van der Waals surface area contributed by atoms with E-state index in [1.165, 1.54) is 38.9 Å². The van der Waals surface area contributed by atoms with Crippen LogP contribution in [0.25, 0.3) is 0 Å². The first-order valence-electron chi connectivity index (χ1n) is 18.9. The maximum absolute atomic E-state index is 2.42. The average Bonchev–Trinajstić information content (AvgIpc) is 3.21. The van der Waals surface area contributed by atoms with Gasteiger partial charge in [-0.3, -0.25) is 0 Å². The van der Waals surface area contributed by atoms with Gasteiger partial charge in [0.25, 0.3) is 0 Å². The molecule has 1 aliphatic rings. The number of hydrogen-bond donors (Lipinski definition) is 0. The topological polar surface area (TPSA) is 6.48 Å². The Morgan fingerprint density at radius 2 is 0.759 bits per heavy atom. The van der Waals surface area contributed by atoms with Gasteiger partial charge in [0.1, 0.15) is 0 Å². The first-order chi connectivity index (χ1) is 26.4. The molecule has 7 aromatic carbocycles. The molecule has 8 rings (SSSR count). The molecule has 1 unspecified atom stereocenters. The second-order valence-corrected chi connectivity index (χ2v) is 14.6. The van der Waals surface area contributed by atoms with Gasteiger partial charge < -0.3 is 9.80 Å². The third-order valence-electron chi connectivity index (χ3n) is 10.8. The fourth-order valence-electron chi connectivity index (χ4n) is 7.87. The van der Waals surface area contributed by atoms with E-state index in [1.807, 2.05) is 0 Å². The lowest BCUT2D eigenvalue weighted by atomic mass is 9.62. The van der Waals surface area contributed by atoms with E-state index in [2.05, 4.69) is 238 Å². The van der Waals surface area contributed by atoms with E-state index < -0.39 is 5.41 Å². The molecule has 0 heterocycles. The lowest BCUT2D eigenvalue weighted by molar-refractivity contribution is 0.565. The van der Waals surface area contributed by atoms with Crippen LogP contribution >= 0.6 is 0 Å². The maximum atomic E-state index is 2.42. The van der Waals surface area contributed by atoms with Gasteiger partial charge in [-0.25, -0.2) is 0 Å². The molecule has 1 aliphatic carbocycles. The summed E-state index contributed by atoms with van der Waals surface area (Å²) in [5.41, 5.74) is 14.9. The van der Waals surface area contributed by atoms with Crippen molar-refractivity contribution in [2.75, 3.05) is 9.80 Å². The smallest absolute Gasteiger partial charge is 0.0489 e. The number of hydrogen-bond acceptors (Lipinski definition) is 2. The average molecular weight is 699 g/mol. The van der Waals surface area contributed by atoms with Crippen molar-refractivity contribution >= 4 is 34.1 Å². The molecule has 54 heavy (non-hydrogen) atoms. The molecular formula is C52H46N2. The molecule has 2 nitrogen and oxygen atoms in total. The van der Waals surface area contributed by atoms with Crippen LogP contribution in [0.15, 0.2) is 200 Å². The van der Waals surface area contributed by atoms with Gasteiger partial charge in [0.05, 0.1) is 0 Å². The Morgan fingerprint density at radius 3 is 1.15 bits per heavy atom. The van der Waals surface area contributed by atoms with E-state index >= 15 is 0 Å². The Balaban J connectivity index is 1.34. The Kier molecular flexibility index (Phi) is 9.59. The minimum absolute atomic E-state index is 0.0496. The van der Waals surface area contributed by atoms with Crippen molar-refractivity contribution in [3.05, 3.63) is 239 Å². The Hall–Kier alpha value is -6.38. The SMILES string of the molecule is Cc1ccc(N(c2ccc(C)cc2)c2cccc(C3(c4cccc(N(c5ccc(C)cc5)c5ccc(C)cc5)c4)C=CC=CC3c3ccccc3)c2)cc1. The number of benzene rings is 7. The van der Waals surface area contributed by atoms with Crippen LogP contribution in [-0.2, 0) is 5.41 Å². The molecule has 2 heteroatoms.